The second kappa shape index (κ2) is 5.83. The molecule has 0 saturated heterocycles. The lowest BCUT2D eigenvalue weighted by molar-refractivity contribution is 0.0785. The van der Waals surface area contributed by atoms with Crippen molar-refractivity contribution in [2.45, 2.75) is 13.8 Å². The lowest BCUT2D eigenvalue weighted by Gasteiger charge is -2.19. The predicted molar refractivity (Wildman–Crippen MR) is 64.0 cm³/mol. The number of hydrogen-bond donors (Lipinski definition) is 2. The number of aryl methyl sites for hydroxylation is 1. The van der Waals surface area contributed by atoms with Crippen LogP contribution < -0.4 is 5.73 Å². The van der Waals surface area contributed by atoms with E-state index >= 15 is 0 Å². The van der Waals surface area contributed by atoms with Crippen molar-refractivity contribution in [2.24, 2.45) is 10.9 Å². The highest BCUT2D eigenvalue weighted by Crippen LogP contribution is 2.05. The molecule has 1 aromatic heterocycles. The second-order valence-electron chi connectivity index (χ2n) is 3.66. The molecule has 92 valence electrons. The van der Waals surface area contributed by atoms with Crippen molar-refractivity contribution in [3.05, 3.63) is 29.6 Å². The van der Waals surface area contributed by atoms with Gasteiger partial charge in [-0.2, -0.15) is 0 Å². The standard InChI is InChI=1S/C11H16N4O2/c1-3-15(7-10(12)14-17)11(16)9-4-8(2)5-13-6-9/h4-6,17H,3,7H2,1-2H3,(H2,12,14). The number of amides is 1. The van der Waals surface area contributed by atoms with Crippen LogP contribution in [-0.4, -0.2) is 39.9 Å². The van der Waals surface area contributed by atoms with Gasteiger partial charge in [-0.1, -0.05) is 5.16 Å². The number of oxime groups is 1. The normalized spacial score (nSPS) is 11.3. The van der Waals surface area contributed by atoms with Crippen LogP contribution in [-0.2, 0) is 0 Å². The van der Waals surface area contributed by atoms with E-state index in [-0.39, 0.29) is 18.3 Å². The molecule has 0 aromatic carbocycles. The molecule has 0 unspecified atom stereocenters. The van der Waals surface area contributed by atoms with E-state index in [0.29, 0.717) is 12.1 Å². The Bertz CT molecular complexity index is 431. The monoisotopic (exact) mass is 236 g/mol. The predicted octanol–water partition coefficient (Wildman–Crippen LogP) is 0.599. The van der Waals surface area contributed by atoms with E-state index in [1.54, 1.807) is 12.3 Å². The second-order valence-corrected chi connectivity index (χ2v) is 3.66. The number of hydrogen-bond acceptors (Lipinski definition) is 4. The maximum absolute atomic E-state index is 12.1. The van der Waals surface area contributed by atoms with Gasteiger partial charge in [-0.25, -0.2) is 0 Å². The zero-order valence-electron chi connectivity index (χ0n) is 9.92. The molecule has 0 bridgehead atoms. The Balaban J connectivity index is 2.86. The third-order valence-electron chi connectivity index (χ3n) is 2.27. The van der Waals surface area contributed by atoms with Crippen LogP contribution in [0.5, 0.6) is 0 Å². The van der Waals surface area contributed by atoms with E-state index in [2.05, 4.69) is 10.1 Å². The van der Waals surface area contributed by atoms with Gasteiger partial charge in [0.2, 0.25) is 0 Å². The Hall–Kier alpha value is -2.11. The molecule has 6 heteroatoms. The summed E-state index contributed by atoms with van der Waals surface area (Å²) in [5, 5.41) is 11.3. The quantitative estimate of drug-likeness (QED) is 0.346. The number of rotatable bonds is 4. The largest absolute Gasteiger partial charge is 0.409 e. The number of nitrogens with zero attached hydrogens (tertiary/aromatic N) is 3. The van der Waals surface area contributed by atoms with Gasteiger partial charge >= 0.3 is 0 Å². The molecule has 0 spiro atoms. The van der Waals surface area contributed by atoms with Crippen LogP contribution >= 0.6 is 0 Å². The highest BCUT2D eigenvalue weighted by molar-refractivity contribution is 5.96. The number of pyridine rings is 1. The van der Waals surface area contributed by atoms with Crippen LogP contribution in [0.2, 0.25) is 0 Å². The molecule has 1 amide bonds. The van der Waals surface area contributed by atoms with E-state index in [4.69, 9.17) is 10.9 Å². The van der Waals surface area contributed by atoms with Crippen LogP contribution in [0.3, 0.4) is 0 Å². The molecule has 0 fully saturated rings. The van der Waals surface area contributed by atoms with Gasteiger partial charge in [-0.05, 0) is 25.5 Å². The van der Waals surface area contributed by atoms with Gasteiger partial charge in [-0.15, -0.1) is 0 Å². The molecule has 0 atom stereocenters. The summed E-state index contributed by atoms with van der Waals surface area (Å²) in [6.45, 7) is 4.26. The lowest BCUT2D eigenvalue weighted by atomic mass is 10.2. The van der Waals surface area contributed by atoms with Crippen molar-refractivity contribution < 1.29 is 10.0 Å². The van der Waals surface area contributed by atoms with E-state index < -0.39 is 0 Å². The summed E-state index contributed by atoms with van der Waals surface area (Å²) in [6, 6.07) is 1.75. The molecule has 1 heterocycles. The fraction of sp³-hybridized carbons (Fsp3) is 0.364. The van der Waals surface area contributed by atoms with Gasteiger partial charge in [0.25, 0.3) is 5.91 Å². The van der Waals surface area contributed by atoms with Crippen LogP contribution in [0.4, 0.5) is 0 Å². The summed E-state index contributed by atoms with van der Waals surface area (Å²) in [4.78, 5) is 17.5. The highest BCUT2D eigenvalue weighted by Gasteiger charge is 2.15. The van der Waals surface area contributed by atoms with E-state index in [9.17, 15) is 4.79 Å². The number of likely N-dealkylation sites (N-methyl/N-ethyl adjacent to an activating group) is 1. The zero-order chi connectivity index (χ0) is 12.8. The third-order valence-corrected chi connectivity index (χ3v) is 2.27. The molecule has 0 saturated carbocycles. The first-order valence-electron chi connectivity index (χ1n) is 5.25. The Morgan fingerprint density at radius 3 is 2.82 bits per heavy atom. The maximum atomic E-state index is 12.1. The first kappa shape index (κ1) is 13.0. The van der Waals surface area contributed by atoms with Gasteiger partial charge < -0.3 is 15.8 Å². The molecule has 6 nitrogen and oxygen atoms in total. The maximum Gasteiger partial charge on any atom is 0.255 e. The molecular formula is C11H16N4O2. The van der Waals surface area contributed by atoms with Crippen molar-refractivity contribution >= 4 is 11.7 Å². The van der Waals surface area contributed by atoms with E-state index in [0.717, 1.165) is 5.56 Å². The Morgan fingerprint density at radius 1 is 1.59 bits per heavy atom. The van der Waals surface area contributed by atoms with Crippen LogP contribution in [0.1, 0.15) is 22.8 Å². The molecule has 0 aliphatic carbocycles. The Morgan fingerprint density at radius 2 is 2.29 bits per heavy atom. The minimum Gasteiger partial charge on any atom is -0.409 e. The topological polar surface area (TPSA) is 91.8 Å². The molecule has 17 heavy (non-hydrogen) atoms. The van der Waals surface area contributed by atoms with Gasteiger partial charge in [0.15, 0.2) is 5.84 Å². The Labute approximate surface area is 99.7 Å². The minimum absolute atomic E-state index is 0.000752. The zero-order valence-corrected chi connectivity index (χ0v) is 9.92. The van der Waals surface area contributed by atoms with Crippen LogP contribution in [0.25, 0.3) is 0 Å². The van der Waals surface area contributed by atoms with Gasteiger partial charge in [0.05, 0.1) is 12.1 Å². The first-order chi connectivity index (χ1) is 8.08. The van der Waals surface area contributed by atoms with Crippen LogP contribution in [0, 0.1) is 6.92 Å². The van der Waals surface area contributed by atoms with Crippen molar-refractivity contribution in [3.63, 3.8) is 0 Å². The summed E-state index contributed by atoms with van der Waals surface area (Å²) < 4.78 is 0. The first-order valence-corrected chi connectivity index (χ1v) is 5.25. The molecule has 3 N–H and O–H groups in total. The molecule has 0 aliphatic heterocycles. The number of carbonyl (C=O) groups is 1. The number of amidine groups is 1. The fourth-order valence-electron chi connectivity index (χ4n) is 1.41. The summed E-state index contributed by atoms with van der Waals surface area (Å²) >= 11 is 0. The Kier molecular flexibility index (Phi) is 4.45. The number of carbonyl (C=O) groups excluding carboxylic acids is 1. The third kappa shape index (κ3) is 3.44. The molecule has 1 rings (SSSR count). The molecule has 0 radical (unpaired) electrons. The van der Waals surface area contributed by atoms with Crippen molar-refractivity contribution in [1.29, 1.82) is 0 Å². The van der Waals surface area contributed by atoms with Gasteiger partial charge in [0, 0.05) is 18.9 Å². The molecule has 0 aliphatic rings. The highest BCUT2D eigenvalue weighted by atomic mass is 16.4. The van der Waals surface area contributed by atoms with E-state index in [1.807, 2.05) is 13.8 Å². The smallest absolute Gasteiger partial charge is 0.255 e. The SMILES string of the molecule is CCN(CC(N)=NO)C(=O)c1cncc(C)c1. The summed E-state index contributed by atoms with van der Waals surface area (Å²) in [5.41, 5.74) is 6.80. The molecular weight excluding hydrogens is 220 g/mol. The van der Waals surface area contributed by atoms with Gasteiger partial charge in [0.1, 0.15) is 0 Å². The average Bonchev–Trinajstić information content (AvgIpc) is 2.34. The summed E-state index contributed by atoms with van der Waals surface area (Å²) in [6.07, 6.45) is 3.18. The number of nitrogens with two attached hydrogens (primary N) is 1. The van der Waals surface area contributed by atoms with Crippen molar-refractivity contribution in [1.82, 2.24) is 9.88 Å². The summed E-state index contributed by atoms with van der Waals surface area (Å²) in [7, 11) is 0. The minimum atomic E-state index is -0.185. The van der Waals surface area contributed by atoms with Crippen molar-refractivity contribution in [2.75, 3.05) is 13.1 Å². The van der Waals surface area contributed by atoms with Crippen molar-refractivity contribution in [3.8, 4) is 0 Å². The van der Waals surface area contributed by atoms with Gasteiger partial charge in [-0.3, -0.25) is 9.78 Å². The average molecular weight is 236 g/mol. The lowest BCUT2D eigenvalue weighted by Crippen LogP contribution is -2.38. The van der Waals surface area contributed by atoms with E-state index in [1.165, 1.54) is 11.1 Å². The summed E-state index contributed by atoms with van der Waals surface area (Å²) in [5.74, 6) is -0.184. The number of aromatic nitrogens is 1. The fourth-order valence-corrected chi connectivity index (χ4v) is 1.41. The van der Waals surface area contributed by atoms with Crippen LogP contribution in [0.15, 0.2) is 23.6 Å². The molecule has 1 aromatic rings.